The molecule has 4 nitrogen and oxygen atoms in total. The number of ether oxygens (including phenoxy) is 1. The third-order valence-corrected chi connectivity index (χ3v) is 3.71. The first kappa shape index (κ1) is 13.7. The highest BCUT2D eigenvalue weighted by Gasteiger charge is 2.07. The van der Waals surface area contributed by atoms with Crippen LogP contribution in [0.15, 0.2) is 29.6 Å². The first-order chi connectivity index (χ1) is 9.22. The third-order valence-electron chi connectivity index (χ3n) is 2.77. The lowest BCUT2D eigenvalue weighted by atomic mass is 10.1. The molecule has 0 unspecified atom stereocenters. The molecule has 2 rings (SSSR count). The molecule has 0 radical (unpaired) electrons. The van der Waals surface area contributed by atoms with Crippen molar-refractivity contribution in [3.8, 4) is 10.6 Å². The number of methoxy groups -OCH3 is 1. The van der Waals surface area contributed by atoms with Gasteiger partial charge in [-0.05, 0) is 11.6 Å². The topological polar surface area (TPSA) is 65.2 Å². The Morgan fingerprint density at radius 1 is 1.47 bits per heavy atom. The van der Waals surface area contributed by atoms with Gasteiger partial charge in [-0.3, -0.25) is 4.79 Å². The molecule has 0 spiro atoms. The molecule has 0 saturated carbocycles. The van der Waals surface area contributed by atoms with E-state index in [4.69, 9.17) is 5.73 Å². The largest absolute Gasteiger partial charge is 0.469 e. The van der Waals surface area contributed by atoms with Crippen LogP contribution >= 0.6 is 11.3 Å². The summed E-state index contributed by atoms with van der Waals surface area (Å²) in [4.78, 5) is 15.6. The Morgan fingerprint density at radius 2 is 2.32 bits per heavy atom. The molecular formula is C14H16N2O2S. The maximum atomic E-state index is 11.1. The normalized spacial score (nSPS) is 10.4. The molecule has 19 heavy (non-hydrogen) atoms. The van der Waals surface area contributed by atoms with Crippen LogP contribution in [0, 0.1) is 0 Å². The predicted octanol–water partition coefficient (Wildman–Crippen LogP) is 2.37. The third kappa shape index (κ3) is 3.62. The first-order valence-electron chi connectivity index (χ1n) is 6.03. The van der Waals surface area contributed by atoms with Gasteiger partial charge in [-0.25, -0.2) is 4.98 Å². The molecule has 1 heterocycles. The average Bonchev–Trinajstić information content (AvgIpc) is 2.93. The zero-order chi connectivity index (χ0) is 13.7. The number of hydrogen-bond acceptors (Lipinski definition) is 5. The highest BCUT2D eigenvalue weighted by Crippen LogP contribution is 2.25. The molecule has 0 bridgehead atoms. The van der Waals surface area contributed by atoms with Gasteiger partial charge in [0.2, 0.25) is 0 Å². The summed E-state index contributed by atoms with van der Waals surface area (Å²) in [5.74, 6) is -0.209. The monoisotopic (exact) mass is 276 g/mol. The fourth-order valence-corrected chi connectivity index (χ4v) is 2.57. The van der Waals surface area contributed by atoms with Crippen LogP contribution in [0.4, 0.5) is 0 Å². The van der Waals surface area contributed by atoms with Gasteiger partial charge in [-0.2, -0.15) is 0 Å². The SMILES string of the molecule is COC(=O)CCc1csc(-c2cccc(CN)c2)n1. The zero-order valence-electron chi connectivity index (χ0n) is 10.8. The molecule has 0 saturated heterocycles. The number of hydrogen-bond donors (Lipinski definition) is 1. The highest BCUT2D eigenvalue weighted by molar-refractivity contribution is 7.13. The number of aromatic nitrogens is 1. The second kappa shape index (κ2) is 6.45. The Morgan fingerprint density at radius 3 is 3.05 bits per heavy atom. The predicted molar refractivity (Wildman–Crippen MR) is 75.8 cm³/mol. The molecule has 1 aromatic heterocycles. The number of nitrogens with two attached hydrogens (primary N) is 1. The number of benzene rings is 1. The minimum absolute atomic E-state index is 0.209. The summed E-state index contributed by atoms with van der Waals surface area (Å²) in [6, 6.07) is 8.04. The van der Waals surface area contributed by atoms with Crippen molar-refractivity contribution in [1.29, 1.82) is 0 Å². The number of carbonyl (C=O) groups is 1. The van der Waals surface area contributed by atoms with Gasteiger partial charge in [0.05, 0.1) is 19.2 Å². The van der Waals surface area contributed by atoms with Crippen LogP contribution in [-0.4, -0.2) is 18.1 Å². The van der Waals surface area contributed by atoms with E-state index in [1.165, 1.54) is 7.11 Å². The molecule has 1 aromatic carbocycles. The van der Waals surface area contributed by atoms with Gasteiger partial charge < -0.3 is 10.5 Å². The lowest BCUT2D eigenvalue weighted by molar-refractivity contribution is -0.140. The van der Waals surface area contributed by atoms with Gasteiger partial charge in [0, 0.05) is 23.9 Å². The number of thiazole rings is 1. The Kier molecular flexibility index (Phi) is 4.65. The van der Waals surface area contributed by atoms with Crippen LogP contribution in [0.2, 0.25) is 0 Å². The van der Waals surface area contributed by atoms with Crippen molar-refractivity contribution in [3.05, 3.63) is 40.9 Å². The molecule has 2 N–H and O–H groups in total. The summed E-state index contributed by atoms with van der Waals surface area (Å²) in [5.41, 5.74) is 8.70. The van der Waals surface area contributed by atoms with Crippen LogP contribution < -0.4 is 5.73 Å². The molecule has 0 aliphatic carbocycles. The highest BCUT2D eigenvalue weighted by atomic mass is 32.1. The summed E-state index contributed by atoms with van der Waals surface area (Å²) in [5, 5.41) is 2.93. The van der Waals surface area contributed by atoms with E-state index in [0.717, 1.165) is 21.8 Å². The number of esters is 1. The van der Waals surface area contributed by atoms with Crippen molar-refractivity contribution in [1.82, 2.24) is 4.98 Å². The summed E-state index contributed by atoms with van der Waals surface area (Å²) >= 11 is 1.58. The van der Waals surface area contributed by atoms with E-state index in [-0.39, 0.29) is 5.97 Å². The summed E-state index contributed by atoms with van der Waals surface area (Å²) in [6.45, 7) is 0.522. The molecule has 2 aromatic rings. The van der Waals surface area contributed by atoms with E-state index in [1.54, 1.807) is 11.3 Å². The molecule has 0 aliphatic rings. The fraction of sp³-hybridized carbons (Fsp3) is 0.286. The second-order valence-corrected chi connectivity index (χ2v) is 4.98. The fourth-order valence-electron chi connectivity index (χ4n) is 1.72. The van der Waals surface area contributed by atoms with Gasteiger partial charge in [0.25, 0.3) is 0 Å². The summed E-state index contributed by atoms with van der Waals surface area (Å²) < 4.78 is 4.62. The van der Waals surface area contributed by atoms with Gasteiger partial charge >= 0.3 is 5.97 Å². The van der Waals surface area contributed by atoms with Crippen LogP contribution in [0.25, 0.3) is 10.6 Å². The maximum absolute atomic E-state index is 11.1. The summed E-state index contributed by atoms with van der Waals surface area (Å²) in [6.07, 6.45) is 0.974. The van der Waals surface area contributed by atoms with Crippen LogP contribution in [0.5, 0.6) is 0 Å². The van der Waals surface area contributed by atoms with Crippen molar-refractivity contribution in [2.24, 2.45) is 5.73 Å². The van der Waals surface area contributed by atoms with Gasteiger partial charge in [-0.15, -0.1) is 11.3 Å². The van der Waals surface area contributed by atoms with Crippen molar-refractivity contribution in [2.75, 3.05) is 7.11 Å². The Bertz CT molecular complexity index is 566. The summed E-state index contributed by atoms with van der Waals surface area (Å²) in [7, 11) is 1.40. The van der Waals surface area contributed by atoms with E-state index >= 15 is 0 Å². The van der Waals surface area contributed by atoms with Crippen molar-refractivity contribution in [3.63, 3.8) is 0 Å². The quantitative estimate of drug-likeness (QED) is 0.851. The van der Waals surface area contributed by atoms with E-state index in [2.05, 4.69) is 9.72 Å². The van der Waals surface area contributed by atoms with Gasteiger partial charge in [0.15, 0.2) is 0 Å². The molecule has 0 atom stereocenters. The van der Waals surface area contributed by atoms with Crippen LogP contribution in [0.3, 0.4) is 0 Å². The lowest BCUT2D eigenvalue weighted by Crippen LogP contribution is -2.01. The Labute approximate surface area is 116 Å². The molecule has 5 heteroatoms. The van der Waals surface area contributed by atoms with E-state index < -0.39 is 0 Å². The minimum Gasteiger partial charge on any atom is -0.469 e. The number of aryl methyl sites for hydroxylation is 1. The second-order valence-electron chi connectivity index (χ2n) is 4.12. The van der Waals surface area contributed by atoms with Crippen molar-refractivity contribution in [2.45, 2.75) is 19.4 Å². The van der Waals surface area contributed by atoms with E-state index in [0.29, 0.717) is 19.4 Å². The Hall–Kier alpha value is -1.72. The molecular weight excluding hydrogens is 260 g/mol. The first-order valence-corrected chi connectivity index (χ1v) is 6.91. The Balaban J connectivity index is 2.09. The van der Waals surface area contributed by atoms with Crippen LogP contribution in [-0.2, 0) is 22.5 Å². The van der Waals surface area contributed by atoms with Crippen molar-refractivity contribution >= 4 is 17.3 Å². The average molecular weight is 276 g/mol. The van der Waals surface area contributed by atoms with Crippen molar-refractivity contribution < 1.29 is 9.53 Å². The molecule has 0 aliphatic heterocycles. The smallest absolute Gasteiger partial charge is 0.305 e. The standard InChI is InChI=1S/C14H16N2O2S/c1-18-13(17)6-5-12-9-19-14(16-12)11-4-2-3-10(7-11)8-15/h2-4,7,9H,5-6,8,15H2,1H3. The lowest BCUT2D eigenvalue weighted by Gasteiger charge is -2.00. The molecule has 0 fully saturated rings. The number of rotatable bonds is 5. The van der Waals surface area contributed by atoms with Crippen LogP contribution in [0.1, 0.15) is 17.7 Å². The number of carbonyl (C=O) groups excluding carboxylic acids is 1. The minimum atomic E-state index is -0.209. The van der Waals surface area contributed by atoms with E-state index in [9.17, 15) is 4.79 Å². The van der Waals surface area contributed by atoms with Gasteiger partial charge in [-0.1, -0.05) is 18.2 Å². The zero-order valence-corrected chi connectivity index (χ0v) is 11.6. The molecule has 0 amide bonds. The maximum Gasteiger partial charge on any atom is 0.305 e. The van der Waals surface area contributed by atoms with E-state index in [1.807, 2.05) is 29.6 Å². The van der Waals surface area contributed by atoms with Gasteiger partial charge in [0.1, 0.15) is 5.01 Å². The number of nitrogens with zero attached hydrogens (tertiary/aromatic N) is 1. The molecule has 100 valence electrons.